The number of hydrogen-bond donors (Lipinski definition) is 1. The molecule has 1 fully saturated rings. The van der Waals surface area contributed by atoms with E-state index >= 15 is 0 Å². The van der Waals surface area contributed by atoms with Gasteiger partial charge in [0.25, 0.3) is 0 Å². The van der Waals surface area contributed by atoms with Crippen LogP contribution in [-0.4, -0.2) is 38.1 Å². The summed E-state index contributed by atoms with van der Waals surface area (Å²) < 4.78 is 0. The molecule has 18 heavy (non-hydrogen) atoms. The molecule has 1 aliphatic carbocycles. The fourth-order valence-corrected chi connectivity index (χ4v) is 3.45. The lowest BCUT2D eigenvalue weighted by Gasteiger charge is -2.33. The Morgan fingerprint density at radius 2 is 2.17 bits per heavy atom. The highest BCUT2D eigenvalue weighted by Gasteiger charge is 2.25. The van der Waals surface area contributed by atoms with E-state index in [0.717, 1.165) is 18.4 Å². The van der Waals surface area contributed by atoms with Crippen LogP contribution in [0.15, 0.2) is 24.3 Å². The molecular weight excluding hydrogens is 220 g/mol. The van der Waals surface area contributed by atoms with Crippen LogP contribution in [0.5, 0.6) is 0 Å². The second kappa shape index (κ2) is 5.41. The number of hydrogen-bond acceptors (Lipinski definition) is 2. The smallest absolute Gasteiger partial charge is 0.00235 e. The van der Waals surface area contributed by atoms with Crippen LogP contribution in [-0.2, 0) is 6.42 Å². The van der Waals surface area contributed by atoms with Crippen molar-refractivity contribution in [2.45, 2.75) is 25.2 Å². The van der Waals surface area contributed by atoms with Crippen molar-refractivity contribution in [2.75, 3.05) is 33.2 Å². The average molecular weight is 244 g/mol. The van der Waals surface area contributed by atoms with Gasteiger partial charge in [0.05, 0.1) is 0 Å². The van der Waals surface area contributed by atoms with Crippen LogP contribution in [0.1, 0.15) is 29.9 Å². The maximum Gasteiger partial charge on any atom is 0.00235 e. The van der Waals surface area contributed by atoms with Gasteiger partial charge in [-0.2, -0.15) is 0 Å². The van der Waals surface area contributed by atoms with E-state index in [9.17, 15) is 0 Å². The Balaban J connectivity index is 1.41. The van der Waals surface area contributed by atoms with Crippen LogP contribution in [0.3, 0.4) is 0 Å². The van der Waals surface area contributed by atoms with Gasteiger partial charge < -0.3 is 10.2 Å². The third-order valence-corrected chi connectivity index (χ3v) is 4.51. The number of fused-ring (bicyclic) bond motifs is 1. The average Bonchev–Trinajstić information content (AvgIpc) is 2.35. The second-order valence-electron chi connectivity index (χ2n) is 6.03. The Labute approximate surface area is 110 Å². The first-order valence-electron chi connectivity index (χ1n) is 7.30. The third-order valence-electron chi connectivity index (χ3n) is 4.51. The van der Waals surface area contributed by atoms with E-state index in [1.807, 2.05) is 0 Å². The molecule has 1 aromatic rings. The van der Waals surface area contributed by atoms with E-state index in [1.54, 1.807) is 11.1 Å². The van der Waals surface area contributed by atoms with E-state index in [-0.39, 0.29) is 0 Å². The quantitative estimate of drug-likeness (QED) is 0.874. The molecule has 2 nitrogen and oxygen atoms in total. The van der Waals surface area contributed by atoms with Crippen molar-refractivity contribution < 1.29 is 0 Å². The van der Waals surface area contributed by atoms with Crippen LogP contribution in [0, 0.1) is 5.92 Å². The van der Waals surface area contributed by atoms with Crippen molar-refractivity contribution in [1.29, 1.82) is 0 Å². The molecule has 2 atom stereocenters. The zero-order chi connectivity index (χ0) is 12.4. The second-order valence-corrected chi connectivity index (χ2v) is 6.03. The predicted molar refractivity (Wildman–Crippen MR) is 76.0 cm³/mol. The molecule has 1 heterocycles. The van der Waals surface area contributed by atoms with E-state index in [4.69, 9.17) is 0 Å². The van der Waals surface area contributed by atoms with Crippen molar-refractivity contribution in [3.05, 3.63) is 35.4 Å². The molecule has 2 heteroatoms. The van der Waals surface area contributed by atoms with Gasteiger partial charge in [-0.25, -0.2) is 0 Å². The van der Waals surface area contributed by atoms with Gasteiger partial charge >= 0.3 is 0 Å². The monoisotopic (exact) mass is 244 g/mol. The van der Waals surface area contributed by atoms with Gasteiger partial charge in [-0.3, -0.25) is 0 Å². The molecule has 1 N–H and O–H groups in total. The molecule has 0 amide bonds. The summed E-state index contributed by atoms with van der Waals surface area (Å²) >= 11 is 0. The van der Waals surface area contributed by atoms with Gasteiger partial charge in [-0.15, -0.1) is 0 Å². The minimum Gasteiger partial charge on any atom is -0.316 e. The van der Waals surface area contributed by atoms with E-state index in [2.05, 4.69) is 41.5 Å². The molecule has 0 spiro atoms. The zero-order valence-electron chi connectivity index (χ0n) is 11.4. The number of piperidine rings is 1. The summed E-state index contributed by atoms with van der Waals surface area (Å²) in [6.07, 6.45) is 4.04. The highest BCUT2D eigenvalue weighted by Crippen LogP contribution is 2.34. The fraction of sp³-hybridized carbons (Fsp3) is 0.625. The Kier molecular flexibility index (Phi) is 3.67. The molecule has 2 unspecified atom stereocenters. The summed E-state index contributed by atoms with van der Waals surface area (Å²) in [7, 11) is 2.24. The molecule has 0 bridgehead atoms. The minimum atomic E-state index is 0.766. The topological polar surface area (TPSA) is 15.3 Å². The molecule has 0 radical (unpaired) electrons. The number of nitrogens with zero attached hydrogens (tertiary/aromatic N) is 1. The predicted octanol–water partition coefficient (Wildman–Crippen LogP) is 2.26. The van der Waals surface area contributed by atoms with Crippen molar-refractivity contribution in [3.63, 3.8) is 0 Å². The van der Waals surface area contributed by atoms with Gasteiger partial charge in [-0.05, 0) is 56.4 Å². The lowest BCUT2D eigenvalue weighted by Crippen LogP contribution is -2.39. The molecule has 1 saturated heterocycles. The summed E-state index contributed by atoms with van der Waals surface area (Å²) in [5.74, 6) is 1.63. The molecule has 98 valence electrons. The molecule has 1 aliphatic heterocycles. The van der Waals surface area contributed by atoms with Crippen LogP contribution in [0.2, 0.25) is 0 Å². The molecule has 1 aromatic carbocycles. The van der Waals surface area contributed by atoms with Crippen molar-refractivity contribution in [1.82, 2.24) is 10.2 Å². The van der Waals surface area contributed by atoms with Gasteiger partial charge in [-0.1, -0.05) is 24.3 Å². The first-order valence-corrected chi connectivity index (χ1v) is 7.30. The maximum absolute atomic E-state index is 3.69. The first-order chi connectivity index (χ1) is 8.83. The number of likely N-dealkylation sites (tertiary alicyclic amines) is 1. The third kappa shape index (κ3) is 2.60. The highest BCUT2D eigenvalue weighted by atomic mass is 15.1. The number of nitrogens with one attached hydrogen (secondary N) is 1. The molecule has 0 saturated carbocycles. The summed E-state index contributed by atoms with van der Waals surface area (Å²) in [5, 5.41) is 3.69. The Morgan fingerprint density at radius 1 is 1.28 bits per heavy atom. The Hall–Kier alpha value is -0.860. The molecule has 0 aromatic heterocycles. The van der Waals surface area contributed by atoms with Gasteiger partial charge in [0.1, 0.15) is 0 Å². The Bertz CT molecular complexity index is 402. The molecule has 2 aliphatic rings. The van der Waals surface area contributed by atoms with E-state index < -0.39 is 0 Å². The SMILES string of the molecule is CN1CCCC(CNCC2Cc3ccccc32)C1. The lowest BCUT2D eigenvalue weighted by atomic mass is 9.77. The van der Waals surface area contributed by atoms with Gasteiger partial charge in [0.2, 0.25) is 0 Å². The first kappa shape index (κ1) is 12.2. The summed E-state index contributed by atoms with van der Waals surface area (Å²) in [6.45, 7) is 4.92. The molecule has 3 rings (SSSR count). The maximum atomic E-state index is 3.69. The fourth-order valence-electron chi connectivity index (χ4n) is 3.45. The minimum absolute atomic E-state index is 0.766. The summed E-state index contributed by atoms with van der Waals surface area (Å²) in [6, 6.07) is 8.88. The lowest BCUT2D eigenvalue weighted by molar-refractivity contribution is 0.205. The summed E-state index contributed by atoms with van der Waals surface area (Å²) in [5.41, 5.74) is 3.13. The number of benzene rings is 1. The van der Waals surface area contributed by atoms with Gasteiger partial charge in [0.15, 0.2) is 0 Å². The van der Waals surface area contributed by atoms with Crippen LogP contribution in [0.4, 0.5) is 0 Å². The highest BCUT2D eigenvalue weighted by molar-refractivity contribution is 5.40. The Morgan fingerprint density at radius 3 is 3.00 bits per heavy atom. The normalized spacial score (nSPS) is 27.6. The van der Waals surface area contributed by atoms with Crippen LogP contribution in [0.25, 0.3) is 0 Å². The van der Waals surface area contributed by atoms with Gasteiger partial charge in [0, 0.05) is 19.0 Å². The van der Waals surface area contributed by atoms with Crippen molar-refractivity contribution >= 4 is 0 Å². The zero-order valence-corrected chi connectivity index (χ0v) is 11.4. The van der Waals surface area contributed by atoms with Crippen molar-refractivity contribution in [3.8, 4) is 0 Å². The summed E-state index contributed by atoms with van der Waals surface area (Å²) in [4.78, 5) is 2.47. The van der Waals surface area contributed by atoms with Crippen molar-refractivity contribution in [2.24, 2.45) is 5.92 Å². The van der Waals surface area contributed by atoms with Crippen LogP contribution < -0.4 is 5.32 Å². The van der Waals surface area contributed by atoms with E-state index in [1.165, 1.54) is 38.9 Å². The van der Waals surface area contributed by atoms with E-state index in [0.29, 0.717) is 0 Å². The molecular formula is C16H24N2. The number of rotatable bonds is 4. The standard InChI is InChI=1S/C16H24N2/c1-18-8-4-5-13(12-18)10-17-11-15-9-14-6-2-3-7-16(14)15/h2-3,6-7,13,15,17H,4-5,8-12H2,1H3. The largest absolute Gasteiger partial charge is 0.316 e. The van der Waals surface area contributed by atoms with Crippen LogP contribution >= 0.6 is 0 Å².